The quantitative estimate of drug-likeness (QED) is 0.596. The number of carbonyl (C=O) groups is 2. The van der Waals surface area contributed by atoms with Crippen LogP contribution in [0.25, 0.3) is 6.08 Å². The number of likely N-dealkylation sites (tertiary alicyclic amines) is 2. The Kier molecular flexibility index (Phi) is 6.31. The molecule has 2 aromatic heterocycles. The molecule has 0 aliphatic carbocycles. The fourth-order valence-corrected chi connectivity index (χ4v) is 7.73. The molecule has 2 aliphatic rings. The topological polar surface area (TPSA) is 74.8 Å². The number of rotatable bonds is 4. The maximum absolute atomic E-state index is 13.0. The summed E-state index contributed by atoms with van der Waals surface area (Å²) in [7, 11) is -3.46. The summed E-state index contributed by atoms with van der Waals surface area (Å²) in [5, 5.41) is 5.44. The standard InChI is InChI=1S/C21H23ClN2O4S3/c1-31(27,28)16-13-30-19(18(16)22)20(26)24-10-7-21(14-24)5-8-23(9-6-21)17(25)3-2-15-4-11-29-12-15/h2-4,11-13H,5-10,14H2,1H3. The third-order valence-corrected chi connectivity index (χ3v) is 9.67. The number of halogens is 1. The van der Waals surface area contributed by atoms with E-state index in [9.17, 15) is 18.0 Å². The Morgan fingerprint density at radius 2 is 1.81 bits per heavy atom. The smallest absolute Gasteiger partial charge is 0.265 e. The van der Waals surface area contributed by atoms with Crippen LogP contribution in [0.1, 0.15) is 34.5 Å². The second kappa shape index (κ2) is 8.69. The van der Waals surface area contributed by atoms with E-state index in [4.69, 9.17) is 11.6 Å². The van der Waals surface area contributed by atoms with Gasteiger partial charge in [-0.15, -0.1) is 11.3 Å². The van der Waals surface area contributed by atoms with Gasteiger partial charge in [0.05, 0.1) is 9.92 Å². The predicted molar refractivity (Wildman–Crippen MR) is 125 cm³/mol. The van der Waals surface area contributed by atoms with Gasteiger partial charge in [0.25, 0.3) is 5.91 Å². The van der Waals surface area contributed by atoms with Gasteiger partial charge < -0.3 is 9.80 Å². The van der Waals surface area contributed by atoms with Gasteiger partial charge in [-0.05, 0) is 53.1 Å². The first-order chi connectivity index (χ1) is 14.7. The molecule has 2 fully saturated rings. The van der Waals surface area contributed by atoms with Crippen molar-refractivity contribution >= 4 is 62.0 Å². The van der Waals surface area contributed by atoms with E-state index in [0.29, 0.717) is 26.2 Å². The first kappa shape index (κ1) is 22.5. The minimum Gasteiger partial charge on any atom is -0.339 e. The minimum atomic E-state index is -3.46. The van der Waals surface area contributed by atoms with E-state index < -0.39 is 9.84 Å². The van der Waals surface area contributed by atoms with Crippen LogP contribution in [-0.4, -0.2) is 62.5 Å². The van der Waals surface area contributed by atoms with Gasteiger partial charge in [-0.3, -0.25) is 9.59 Å². The van der Waals surface area contributed by atoms with Crippen molar-refractivity contribution in [1.82, 2.24) is 9.80 Å². The highest BCUT2D eigenvalue weighted by molar-refractivity contribution is 7.91. The second-order valence-electron chi connectivity index (χ2n) is 8.21. The number of hydrogen-bond donors (Lipinski definition) is 0. The lowest BCUT2D eigenvalue weighted by molar-refractivity contribution is -0.128. The van der Waals surface area contributed by atoms with E-state index >= 15 is 0 Å². The van der Waals surface area contributed by atoms with E-state index in [2.05, 4.69) is 0 Å². The van der Waals surface area contributed by atoms with Crippen molar-refractivity contribution in [3.05, 3.63) is 43.7 Å². The number of nitrogens with zero attached hydrogens (tertiary/aromatic N) is 2. The molecular weight excluding hydrogens is 476 g/mol. The Hall–Kier alpha value is -1.68. The average Bonchev–Trinajstić information content (AvgIpc) is 3.46. The van der Waals surface area contributed by atoms with Crippen LogP contribution in [0.4, 0.5) is 0 Å². The molecule has 4 rings (SSSR count). The van der Waals surface area contributed by atoms with Crippen LogP contribution in [0.5, 0.6) is 0 Å². The van der Waals surface area contributed by atoms with E-state index in [1.165, 1.54) is 5.38 Å². The molecule has 0 aromatic carbocycles. The van der Waals surface area contributed by atoms with Gasteiger partial charge in [-0.25, -0.2) is 8.42 Å². The van der Waals surface area contributed by atoms with Gasteiger partial charge >= 0.3 is 0 Å². The van der Waals surface area contributed by atoms with Crippen LogP contribution in [0.2, 0.25) is 5.02 Å². The van der Waals surface area contributed by atoms with E-state index in [1.807, 2.05) is 27.8 Å². The lowest BCUT2D eigenvalue weighted by Gasteiger charge is -2.38. The summed E-state index contributed by atoms with van der Waals surface area (Å²) in [6.45, 7) is 2.58. The lowest BCUT2D eigenvalue weighted by atomic mass is 9.78. The summed E-state index contributed by atoms with van der Waals surface area (Å²) >= 11 is 8.89. The second-order valence-corrected chi connectivity index (χ2v) is 12.2. The Morgan fingerprint density at radius 3 is 2.39 bits per heavy atom. The van der Waals surface area contributed by atoms with Crippen molar-refractivity contribution in [2.75, 3.05) is 32.4 Å². The maximum atomic E-state index is 13.0. The molecule has 0 atom stereocenters. The summed E-state index contributed by atoms with van der Waals surface area (Å²) in [6.07, 6.45) is 7.14. The van der Waals surface area contributed by atoms with Crippen molar-refractivity contribution in [1.29, 1.82) is 0 Å². The van der Waals surface area contributed by atoms with Gasteiger partial charge in [0, 0.05) is 43.9 Å². The number of sulfone groups is 1. The molecule has 4 heterocycles. The van der Waals surface area contributed by atoms with Gasteiger partial charge in [0.1, 0.15) is 4.88 Å². The zero-order chi connectivity index (χ0) is 22.2. The molecule has 0 saturated carbocycles. The zero-order valence-electron chi connectivity index (χ0n) is 17.0. The van der Waals surface area contributed by atoms with Crippen molar-refractivity contribution < 1.29 is 18.0 Å². The molecular formula is C21H23ClN2O4S3. The monoisotopic (exact) mass is 498 g/mol. The molecule has 2 amide bonds. The molecule has 166 valence electrons. The molecule has 2 saturated heterocycles. The summed E-state index contributed by atoms with van der Waals surface area (Å²) in [4.78, 5) is 29.4. The highest BCUT2D eigenvalue weighted by Gasteiger charge is 2.43. The highest BCUT2D eigenvalue weighted by atomic mass is 35.5. The fourth-order valence-electron chi connectivity index (χ4n) is 4.23. The Balaban J connectivity index is 1.36. The summed E-state index contributed by atoms with van der Waals surface area (Å²) in [6, 6.07) is 1.97. The lowest BCUT2D eigenvalue weighted by Crippen LogP contribution is -2.44. The average molecular weight is 499 g/mol. The third kappa shape index (κ3) is 4.74. The van der Waals surface area contributed by atoms with Crippen LogP contribution in [0.15, 0.2) is 33.2 Å². The number of carbonyl (C=O) groups excluding carboxylic acids is 2. The van der Waals surface area contributed by atoms with Gasteiger partial charge in [-0.2, -0.15) is 11.3 Å². The molecule has 0 bridgehead atoms. The fraction of sp³-hybridized carbons (Fsp3) is 0.429. The minimum absolute atomic E-state index is 0.00686. The molecule has 2 aliphatic heterocycles. The van der Waals surface area contributed by atoms with Crippen molar-refractivity contribution in [3.63, 3.8) is 0 Å². The Morgan fingerprint density at radius 1 is 1.13 bits per heavy atom. The third-order valence-electron chi connectivity index (χ3n) is 6.12. The van der Waals surface area contributed by atoms with Gasteiger partial charge in [0.15, 0.2) is 9.84 Å². The maximum Gasteiger partial charge on any atom is 0.265 e. The molecule has 2 aromatic rings. The van der Waals surface area contributed by atoms with Gasteiger partial charge in [-0.1, -0.05) is 11.6 Å². The summed E-state index contributed by atoms with van der Waals surface area (Å²) in [5.74, 6) is -0.190. The van der Waals surface area contributed by atoms with Crippen molar-refractivity contribution in [2.24, 2.45) is 5.41 Å². The Labute approximate surface area is 195 Å². The van der Waals surface area contributed by atoms with E-state index in [0.717, 1.165) is 42.4 Å². The first-order valence-corrected chi connectivity index (χ1v) is 14.0. The summed E-state index contributed by atoms with van der Waals surface area (Å²) < 4.78 is 23.6. The SMILES string of the molecule is CS(=O)(=O)c1csc(C(=O)N2CCC3(CCN(C(=O)C=Cc4ccsc4)CC3)C2)c1Cl. The van der Waals surface area contributed by atoms with E-state index in [1.54, 1.807) is 22.3 Å². The molecule has 0 unspecified atom stereocenters. The van der Waals surface area contributed by atoms with Crippen LogP contribution in [-0.2, 0) is 14.6 Å². The van der Waals surface area contributed by atoms with Crippen molar-refractivity contribution in [3.8, 4) is 0 Å². The van der Waals surface area contributed by atoms with Crippen molar-refractivity contribution in [2.45, 2.75) is 24.2 Å². The first-order valence-electron chi connectivity index (χ1n) is 9.94. The predicted octanol–water partition coefficient (Wildman–Crippen LogP) is 4.03. The molecule has 0 N–H and O–H groups in total. The molecule has 31 heavy (non-hydrogen) atoms. The number of thiophene rings is 2. The van der Waals surface area contributed by atoms with Crippen LogP contribution in [0.3, 0.4) is 0 Å². The van der Waals surface area contributed by atoms with Crippen LogP contribution < -0.4 is 0 Å². The number of piperidine rings is 1. The van der Waals surface area contributed by atoms with Crippen LogP contribution in [0, 0.1) is 5.41 Å². The zero-order valence-corrected chi connectivity index (χ0v) is 20.2. The van der Waals surface area contributed by atoms with Crippen LogP contribution >= 0.6 is 34.3 Å². The molecule has 0 radical (unpaired) electrons. The molecule has 6 nitrogen and oxygen atoms in total. The Bertz CT molecular complexity index is 1110. The number of amides is 2. The van der Waals surface area contributed by atoms with E-state index in [-0.39, 0.29) is 32.0 Å². The largest absolute Gasteiger partial charge is 0.339 e. The van der Waals surface area contributed by atoms with Gasteiger partial charge in [0.2, 0.25) is 5.91 Å². The highest BCUT2D eigenvalue weighted by Crippen LogP contribution is 2.42. The number of hydrogen-bond acceptors (Lipinski definition) is 6. The molecule has 10 heteroatoms. The normalized spacial score (nSPS) is 18.9. The summed E-state index contributed by atoms with van der Waals surface area (Å²) in [5.41, 5.74) is 1.04. The molecule has 1 spiro atoms.